The molecule has 1 aromatic carbocycles. The Hall–Kier alpha value is -3.88. The van der Waals surface area contributed by atoms with Crippen molar-refractivity contribution in [1.82, 2.24) is 34.7 Å². The number of tetrazole rings is 1. The highest BCUT2D eigenvalue weighted by Gasteiger charge is 2.36. The van der Waals surface area contributed by atoms with E-state index in [9.17, 15) is 9.59 Å². The van der Waals surface area contributed by atoms with E-state index in [0.29, 0.717) is 24.7 Å². The van der Waals surface area contributed by atoms with Crippen molar-refractivity contribution in [2.24, 2.45) is 11.8 Å². The minimum Gasteiger partial charge on any atom is -0.297 e. The molecule has 4 aromatic rings. The number of aryl methyl sites for hydroxylation is 1. The van der Waals surface area contributed by atoms with E-state index < -0.39 is 0 Å². The smallest absolute Gasteiger partial charge is 0.297 e. The molecular weight excluding hydrogens is 478 g/mol. The Morgan fingerprint density at radius 3 is 2.68 bits per heavy atom. The number of unbranched alkanes of at least 4 members (excludes halogenated alkanes) is 1. The predicted octanol–water partition coefficient (Wildman–Crippen LogP) is 4.85. The Morgan fingerprint density at radius 1 is 1.13 bits per heavy atom. The van der Waals surface area contributed by atoms with Crippen LogP contribution in [0.15, 0.2) is 53.6 Å². The summed E-state index contributed by atoms with van der Waals surface area (Å²) in [5.74, 6) is 1.25. The van der Waals surface area contributed by atoms with E-state index in [-0.39, 0.29) is 23.4 Å². The summed E-state index contributed by atoms with van der Waals surface area (Å²) in [6.07, 6.45) is 9.05. The third-order valence-corrected chi connectivity index (χ3v) is 7.65. The van der Waals surface area contributed by atoms with E-state index in [1.54, 1.807) is 4.57 Å². The SMILES string of the molecule is CCCCc1cn(C2C(=O)CCCC2C(C)C)c(=O)n1Cc1ccc(-c2cccc(-c3nn[nH]n3)c2)nc1. The van der Waals surface area contributed by atoms with Crippen molar-refractivity contribution < 1.29 is 4.79 Å². The van der Waals surface area contributed by atoms with Crippen LogP contribution in [0.3, 0.4) is 0 Å². The number of benzene rings is 1. The van der Waals surface area contributed by atoms with E-state index in [1.807, 2.05) is 53.4 Å². The maximum atomic E-state index is 13.7. The van der Waals surface area contributed by atoms with Gasteiger partial charge in [0, 0.05) is 35.6 Å². The number of rotatable bonds is 9. The Balaban J connectivity index is 1.43. The summed E-state index contributed by atoms with van der Waals surface area (Å²) >= 11 is 0. The number of Topliss-reactive ketones (excluding diaryl/α,β-unsaturated/α-hetero) is 1. The van der Waals surface area contributed by atoms with E-state index in [4.69, 9.17) is 4.98 Å². The summed E-state index contributed by atoms with van der Waals surface area (Å²) in [5, 5.41) is 14.2. The molecular formula is C29H35N7O2. The van der Waals surface area contributed by atoms with Crippen molar-refractivity contribution in [3.8, 4) is 22.6 Å². The van der Waals surface area contributed by atoms with Gasteiger partial charge < -0.3 is 0 Å². The van der Waals surface area contributed by atoms with Crippen molar-refractivity contribution in [2.75, 3.05) is 0 Å². The quantitative estimate of drug-likeness (QED) is 0.342. The van der Waals surface area contributed by atoms with Crippen molar-refractivity contribution in [3.05, 3.63) is 70.5 Å². The van der Waals surface area contributed by atoms with Gasteiger partial charge >= 0.3 is 5.69 Å². The van der Waals surface area contributed by atoms with Gasteiger partial charge in [0.1, 0.15) is 0 Å². The Bertz CT molecular complexity index is 1430. The van der Waals surface area contributed by atoms with Crippen LogP contribution in [0.4, 0.5) is 0 Å². The molecule has 1 aliphatic rings. The first-order chi connectivity index (χ1) is 18.5. The lowest BCUT2D eigenvalue weighted by molar-refractivity contribution is -0.126. The van der Waals surface area contributed by atoms with Crippen molar-refractivity contribution in [3.63, 3.8) is 0 Å². The molecule has 0 bridgehead atoms. The lowest BCUT2D eigenvalue weighted by atomic mass is 9.77. The average molecular weight is 514 g/mol. The van der Waals surface area contributed by atoms with Crippen LogP contribution in [-0.4, -0.2) is 40.5 Å². The monoisotopic (exact) mass is 513 g/mol. The molecule has 9 heteroatoms. The first-order valence-electron chi connectivity index (χ1n) is 13.6. The van der Waals surface area contributed by atoms with Gasteiger partial charge in [-0.25, -0.2) is 4.79 Å². The van der Waals surface area contributed by atoms with Crippen LogP contribution < -0.4 is 5.69 Å². The molecule has 5 rings (SSSR count). The van der Waals surface area contributed by atoms with E-state index in [0.717, 1.165) is 60.2 Å². The summed E-state index contributed by atoms with van der Waals surface area (Å²) in [6.45, 7) is 6.88. The molecule has 0 amide bonds. The lowest BCUT2D eigenvalue weighted by Crippen LogP contribution is -2.39. The van der Waals surface area contributed by atoms with E-state index in [2.05, 4.69) is 41.4 Å². The fraction of sp³-hybridized carbons (Fsp3) is 0.448. The number of nitrogens with one attached hydrogen (secondary N) is 1. The van der Waals surface area contributed by atoms with Crippen LogP contribution >= 0.6 is 0 Å². The van der Waals surface area contributed by atoms with Gasteiger partial charge in [-0.2, -0.15) is 5.21 Å². The molecule has 0 spiro atoms. The molecule has 1 saturated carbocycles. The molecule has 1 N–H and O–H groups in total. The molecule has 198 valence electrons. The molecule has 38 heavy (non-hydrogen) atoms. The molecule has 0 aliphatic heterocycles. The fourth-order valence-electron chi connectivity index (χ4n) is 5.56. The highest BCUT2D eigenvalue weighted by atomic mass is 16.2. The number of carbonyl (C=O) groups excluding carboxylic acids is 1. The second-order valence-electron chi connectivity index (χ2n) is 10.6. The van der Waals surface area contributed by atoms with Gasteiger partial charge in [-0.05, 0) is 60.4 Å². The third-order valence-electron chi connectivity index (χ3n) is 7.65. The number of hydrogen-bond acceptors (Lipinski definition) is 6. The van der Waals surface area contributed by atoms with Gasteiger partial charge in [0.2, 0.25) is 5.82 Å². The standard InChI is InChI=1S/C29H35N7O2/c1-4-5-10-23-18-36(27-24(19(2)3)11-7-12-26(27)37)29(38)35(23)17-20-13-14-25(30-16-20)21-8-6-9-22(15-21)28-31-33-34-32-28/h6,8-9,13-16,18-19,24,27H,4-5,7,10-12,17H2,1-3H3,(H,31,32,33,34). The minimum atomic E-state index is -0.370. The summed E-state index contributed by atoms with van der Waals surface area (Å²) in [5.41, 5.74) is 4.45. The first-order valence-corrected chi connectivity index (χ1v) is 13.6. The molecule has 3 aromatic heterocycles. The molecule has 0 radical (unpaired) electrons. The Labute approximate surface area is 222 Å². The zero-order chi connectivity index (χ0) is 26.6. The number of hydrogen-bond donors (Lipinski definition) is 1. The summed E-state index contributed by atoms with van der Waals surface area (Å²) in [7, 11) is 0. The number of pyridine rings is 1. The second kappa shape index (κ2) is 11.2. The summed E-state index contributed by atoms with van der Waals surface area (Å²) in [6, 6.07) is 11.5. The molecule has 9 nitrogen and oxygen atoms in total. The lowest BCUT2D eigenvalue weighted by Gasteiger charge is -2.33. The molecule has 0 saturated heterocycles. The van der Waals surface area contributed by atoms with Crippen LogP contribution in [0.25, 0.3) is 22.6 Å². The van der Waals surface area contributed by atoms with Crippen LogP contribution in [-0.2, 0) is 17.8 Å². The number of imidazole rings is 1. The second-order valence-corrected chi connectivity index (χ2v) is 10.6. The number of nitrogens with zero attached hydrogens (tertiary/aromatic N) is 6. The number of H-pyrrole nitrogens is 1. The summed E-state index contributed by atoms with van der Waals surface area (Å²) in [4.78, 5) is 31.5. The van der Waals surface area contributed by atoms with Crippen LogP contribution in [0.1, 0.15) is 70.2 Å². The number of ketones is 1. The van der Waals surface area contributed by atoms with Gasteiger partial charge in [-0.15, -0.1) is 10.2 Å². The normalized spacial score (nSPS) is 17.8. The maximum Gasteiger partial charge on any atom is 0.329 e. The van der Waals surface area contributed by atoms with Gasteiger partial charge in [-0.1, -0.05) is 51.5 Å². The summed E-state index contributed by atoms with van der Waals surface area (Å²) < 4.78 is 3.57. The van der Waals surface area contributed by atoms with Gasteiger partial charge in [0.15, 0.2) is 5.78 Å². The third kappa shape index (κ3) is 5.23. The minimum absolute atomic E-state index is 0.0982. The Morgan fingerprint density at radius 2 is 1.97 bits per heavy atom. The zero-order valence-corrected chi connectivity index (χ0v) is 22.3. The van der Waals surface area contributed by atoms with Gasteiger partial charge in [0.25, 0.3) is 0 Å². The molecule has 2 atom stereocenters. The van der Waals surface area contributed by atoms with Gasteiger partial charge in [-0.3, -0.25) is 18.9 Å². The highest BCUT2D eigenvalue weighted by molar-refractivity contribution is 5.83. The van der Waals surface area contributed by atoms with Crippen molar-refractivity contribution in [1.29, 1.82) is 0 Å². The largest absolute Gasteiger partial charge is 0.329 e. The van der Waals surface area contributed by atoms with Crippen molar-refractivity contribution in [2.45, 2.75) is 71.9 Å². The zero-order valence-electron chi connectivity index (χ0n) is 22.3. The van der Waals surface area contributed by atoms with Crippen molar-refractivity contribution >= 4 is 5.78 Å². The molecule has 2 unspecified atom stereocenters. The fourth-order valence-corrected chi connectivity index (χ4v) is 5.56. The maximum absolute atomic E-state index is 13.7. The number of carbonyl (C=O) groups is 1. The van der Waals surface area contributed by atoms with E-state index in [1.165, 1.54) is 0 Å². The Kier molecular flexibility index (Phi) is 7.62. The molecule has 1 fully saturated rings. The topological polar surface area (TPSA) is 111 Å². The predicted molar refractivity (Wildman–Crippen MR) is 145 cm³/mol. The number of aromatic nitrogens is 7. The first kappa shape index (κ1) is 25.8. The number of aromatic amines is 1. The van der Waals surface area contributed by atoms with Crippen LogP contribution in [0, 0.1) is 11.8 Å². The van der Waals surface area contributed by atoms with E-state index >= 15 is 0 Å². The highest BCUT2D eigenvalue weighted by Crippen LogP contribution is 2.36. The van der Waals surface area contributed by atoms with Crippen LogP contribution in [0.5, 0.6) is 0 Å². The van der Waals surface area contributed by atoms with Crippen LogP contribution in [0.2, 0.25) is 0 Å². The van der Waals surface area contributed by atoms with Gasteiger partial charge in [0.05, 0.1) is 18.3 Å². The molecule has 1 aliphatic carbocycles. The average Bonchev–Trinajstić information content (AvgIpc) is 3.57. The molecule has 3 heterocycles.